The number of rotatable bonds is 5. The Labute approximate surface area is 210 Å². The van der Waals surface area contributed by atoms with E-state index in [9.17, 15) is 13.5 Å². The van der Waals surface area contributed by atoms with Crippen molar-refractivity contribution in [2.45, 2.75) is 36.0 Å². The molecular formula is C24H29Cl2N3O4S. The van der Waals surface area contributed by atoms with Gasteiger partial charge in [-0.25, -0.2) is 8.42 Å². The number of ether oxygens (including phenoxy) is 1. The summed E-state index contributed by atoms with van der Waals surface area (Å²) in [4.78, 5) is 4.63. The molecule has 2 aromatic carbocycles. The molecule has 2 aromatic rings. The van der Waals surface area contributed by atoms with Gasteiger partial charge in [0, 0.05) is 54.9 Å². The molecule has 7 nitrogen and oxygen atoms in total. The quantitative estimate of drug-likeness (QED) is 0.646. The molecule has 0 radical (unpaired) electrons. The molecule has 5 rings (SSSR count). The smallest absolute Gasteiger partial charge is 0.243 e. The van der Waals surface area contributed by atoms with Gasteiger partial charge < -0.3 is 14.7 Å². The van der Waals surface area contributed by atoms with E-state index in [2.05, 4.69) is 9.80 Å². The molecule has 2 fully saturated rings. The van der Waals surface area contributed by atoms with Crippen LogP contribution < -0.4 is 4.74 Å². The van der Waals surface area contributed by atoms with Crippen molar-refractivity contribution in [2.75, 3.05) is 46.3 Å². The largest absolute Gasteiger partial charge is 0.484 e. The second kappa shape index (κ2) is 9.58. The monoisotopic (exact) mass is 525 g/mol. The summed E-state index contributed by atoms with van der Waals surface area (Å²) in [6.45, 7) is 3.79. The number of hydrogen-bond acceptors (Lipinski definition) is 6. The van der Waals surface area contributed by atoms with Gasteiger partial charge in [0.2, 0.25) is 10.0 Å². The molecule has 184 valence electrons. The van der Waals surface area contributed by atoms with E-state index in [-0.39, 0.29) is 23.1 Å². The highest BCUT2D eigenvalue weighted by Crippen LogP contribution is 2.43. The fourth-order valence-corrected chi connectivity index (χ4v) is 7.17. The number of benzene rings is 2. The number of sulfonamides is 1. The van der Waals surface area contributed by atoms with E-state index in [4.69, 9.17) is 27.9 Å². The third kappa shape index (κ3) is 4.69. The lowest BCUT2D eigenvalue weighted by Crippen LogP contribution is -2.46. The van der Waals surface area contributed by atoms with E-state index in [0.717, 1.165) is 37.2 Å². The van der Waals surface area contributed by atoms with E-state index in [1.165, 1.54) is 4.31 Å². The third-order valence-corrected chi connectivity index (χ3v) is 9.58. The molecule has 3 aliphatic rings. The first kappa shape index (κ1) is 24.3. The number of aliphatic hydroxyl groups excluding tert-OH is 1. The minimum Gasteiger partial charge on any atom is -0.484 e. The minimum atomic E-state index is -3.54. The van der Waals surface area contributed by atoms with Crippen LogP contribution in [0, 0.1) is 0 Å². The maximum atomic E-state index is 13.1. The predicted octanol–water partition coefficient (Wildman–Crippen LogP) is 3.04. The van der Waals surface area contributed by atoms with Crippen LogP contribution in [-0.2, 0) is 16.4 Å². The molecule has 2 saturated heterocycles. The predicted molar refractivity (Wildman–Crippen MR) is 132 cm³/mol. The van der Waals surface area contributed by atoms with E-state index < -0.39 is 10.0 Å². The van der Waals surface area contributed by atoms with Crippen LogP contribution in [0.3, 0.4) is 0 Å². The second-order valence-electron chi connectivity index (χ2n) is 9.38. The van der Waals surface area contributed by atoms with Crippen molar-refractivity contribution < 1.29 is 18.3 Å². The summed E-state index contributed by atoms with van der Waals surface area (Å²) in [5.41, 5.74) is 1.95. The molecule has 1 N–H and O–H groups in total. The van der Waals surface area contributed by atoms with Crippen molar-refractivity contribution in [3.8, 4) is 5.75 Å². The van der Waals surface area contributed by atoms with E-state index in [1.54, 1.807) is 30.3 Å². The minimum absolute atomic E-state index is 0.0110. The molecule has 0 bridgehead atoms. The molecule has 0 unspecified atom stereocenters. The highest BCUT2D eigenvalue weighted by Gasteiger charge is 2.41. The van der Waals surface area contributed by atoms with Crippen LogP contribution in [0.25, 0.3) is 0 Å². The number of aliphatic hydroxyl groups is 1. The fourth-order valence-electron chi connectivity index (χ4n) is 5.16. The SMILES string of the molecule is CN1CCN(S(=O)(=O)c2ccc(O[C@@H]3c4cc(Cl)cc(Cl)c4C[C@@H]3N3CC[C@@H](O)C3)cc2)CC1. The molecule has 2 aliphatic heterocycles. The molecule has 34 heavy (non-hydrogen) atoms. The lowest BCUT2D eigenvalue weighted by molar-refractivity contribution is 0.0818. The first-order valence-electron chi connectivity index (χ1n) is 11.6. The van der Waals surface area contributed by atoms with E-state index in [0.29, 0.717) is 41.8 Å². The standard InChI is InChI=1S/C24H29Cl2N3O4S/c1-27-8-10-29(11-9-27)34(31,32)19-4-2-18(3-5-19)33-24-21-12-16(25)13-22(26)20(21)14-23(24)28-7-6-17(30)15-28/h2-5,12-13,17,23-24,30H,6-11,14-15H2,1H3/t17-,23+,24-/m1/s1. The maximum Gasteiger partial charge on any atom is 0.243 e. The van der Waals surface area contributed by atoms with Crippen LogP contribution in [0.1, 0.15) is 23.7 Å². The Kier molecular flexibility index (Phi) is 6.85. The summed E-state index contributed by atoms with van der Waals surface area (Å²) in [5.74, 6) is 0.580. The molecule has 3 atom stereocenters. The number of hydrogen-bond donors (Lipinski definition) is 1. The van der Waals surface area contributed by atoms with Crippen molar-refractivity contribution >= 4 is 33.2 Å². The third-order valence-electron chi connectivity index (χ3n) is 7.11. The van der Waals surface area contributed by atoms with Crippen molar-refractivity contribution in [1.82, 2.24) is 14.1 Å². The number of likely N-dealkylation sites (tertiary alicyclic amines) is 1. The highest BCUT2D eigenvalue weighted by molar-refractivity contribution is 7.89. The molecule has 0 saturated carbocycles. The average Bonchev–Trinajstić information content (AvgIpc) is 3.38. The number of nitrogens with zero attached hydrogens (tertiary/aromatic N) is 3. The molecule has 10 heteroatoms. The van der Waals surface area contributed by atoms with Crippen LogP contribution in [0.5, 0.6) is 5.75 Å². The molecular weight excluding hydrogens is 497 g/mol. The Bertz CT molecular complexity index is 1150. The van der Waals surface area contributed by atoms with Gasteiger partial charge in [0.25, 0.3) is 0 Å². The van der Waals surface area contributed by atoms with Crippen LogP contribution in [0.15, 0.2) is 41.3 Å². The normalized spacial score (nSPS) is 26.6. The first-order chi connectivity index (χ1) is 16.2. The van der Waals surface area contributed by atoms with Gasteiger partial charge in [-0.1, -0.05) is 23.2 Å². The molecule has 1 aliphatic carbocycles. The number of piperazine rings is 1. The van der Waals surface area contributed by atoms with Crippen LogP contribution in [0.4, 0.5) is 0 Å². The van der Waals surface area contributed by atoms with Gasteiger partial charge in [-0.15, -0.1) is 0 Å². The summed E-state index contributed by atoms with van der Waals surface area (Å²) in [7, 11) is -1.55. The molecule has 0 aromatic heterocycles. The van der Waals surface area contributed by atoms with E-state index in [1.807, 2.05) is 13.1 Å². The van der Waals surface area contributed by atoms with Crippen LogP contribution >= 0.6 is 23.2 Å². The lowest BCUT2D eigenvalue weighted by Gasteiger charge is -2.31. The van der Waals surface area contributed by atoms with Gasteiger partial charge in [0.15, 0.2) is 0 Å². The Balaban J connectivity index is 1.39. The zero-order valence-electron chi connectivity index (χ0n) is 19.0. The summed E-state index contributed by atoms with van der Waals surface area (Å²) >= 11 is 12.8. The lowest BCUT2D eigenvalue weighted by atomic mass is 10.1. The van der Waals surface area contributed by atoms with Gasteiger partial charge in [-0.2, -0.15) is 4.31 Å². The number of fused-ring (bicyclic) bond motifs is 1. The summed E-state index contributed by atoms with van der Waals surface area (Å²) in [5, 5.41) is 11.3. The molecule has 2 heterocycles. The molecule has 0 amide bonds. The zero-order valence-corrected chi connectivity index (χ0v) is 21.4. The van der Waals surface area contributed by atoms with Crippen molar-refractivity contribution in [3.05, 3.63) is 57.6 Å². The average molecular weight is 526 g/mol. The summed E-state index contributed by atoms with van der Waals surface area (Å²) in [6, 6.07) is 10.3. The van der Waals surface area contributed by atoms with Gasteiger partial charge in [0.05, 0.1) is 17.0 Å². The number of halogens is 2. The Morgan fingerprint density at radius 3 is 2.38 bits per heavy atom. The van der Waals surface area contributed by atoms with Crippen molar-refractivity contribution in [2.24, 2.45) is 0 Å². The first-order valence-corrected chi connectivity index (χ1v) is 13.8. The highest BCUT2D eigenvalue weighted by atomic mass is 35.5. The summed E-state index contributed by atoms with van der Waals surface area (Å²) in [6.07, 6.45) is 0.768. The van der Waals surface area contributed by atoms with E-state index >= 15 is 0 Å². The van der Waals surface area contributed by atoms with Crippen LogP contribution in [0.2, 0.25) is 10.0 Å². The van der Waals surface area contributed by atoms with Gasteiger partial charge >= 0.3 is 0 Å². The van der Waals surface area contributed by atoms with Crippen molar-refractivity contribution in [3.63, 3.8) is 0 Å². The van der Waals surface area contributed by atoms with Gasteiger partial charge in [0.1, 0.15) is 11.9 Å². The number of likely N-dealkylation sites (N-methyl/N-ethyl adjacent to an activating group) is 1. The summed E-state index contributed by atoms with van der Waals surface area (Å²) < 4.78 is 34.1. The second-order valence-corrected chi connectivity index (χ2v) is 12.2. The van der Waals surface area contributed by atoms with Gasteiger partial charge in [-0.3, -0.25) is 4.90 Å². The Morgan fingerprint density at radius 2 is 1.74 bits per heavy atom. The fraction of sp³-hybridized carbons (Fsp3) is 0.500. The Hall–Kier alpha value is -1.39. The Morgan fingerprint density at radius 1 is 1.03 bits per heavy atom. The molecule has 0 spiro atoms. The van der Waals surface area contributed by atoms with Crippen LogP contribution in [-0.4, -0.2) is 86.1 Å². The number of β-amino-alcohol motifs (C(OH)–C–C–N with tert-alkyl or cyclic N) is 1. The topological polar surface area (TPSA) is 73.3 Å². The van der Waals surface area contributed by atoms with Crippen molar-refractivity contribution in [1.29, 1.82) is 0 Å². The van der Waals surface area contributed by atoms with Gasteiger partial charge in [-0.05, 0) is 61.9 Å². The maximum absolute atomic E-state index is 13.1. The zero-order chi connectivity index (χ0) is 24.0.